The predicted octanol–water partition coefficient (Wildman–Crippen LogP) is 1.51. The summed E-state index contributed by atoms with van der Waals surface area (Å²) in [6, 6.07) is 2.21. The standard InChI is InChI=1S/C11H10F3NO4/c12-11(13,14)7-3-1-2-6(4-7)9(10(18)19)15-5-8(16)17/h1-4,9,15H,5H2,(H,16,17)(H,18,19). The van der Waals surface area contributed by atoms with Gasteiger partial charge in [-0.25, -0.2) is 0 Å². The Bertz CT molecular complexity index is 487. The Kier molecular flexibility index (Phi) is 4.49. The maximum absolute atomic E-state index is 12.5. The van der Waals surface area contributed by atoms with Crippen molar-refractivity contribution in [1.29, 1.82) is 0 Å². The molecule has 0 radical (unpaired) electrons. The van der Waals surface area contributed by atoms with Crippen LogP contribution in [-0.2, 0) is 15.8 Å². The normalized spacial score (nSPS) is 13.0. The van der Waals surface area contributed by atoms with Crippen molar-refractivity contribution in [2.75, 3.05) is 6.54 Å². The average molecular weight is 277 g/mol. The summed E-state index contributed by atoms with van der Waals surface area (Å²) in [6.45, 7) is -0.673. The maximum atomic E-state index is 12.5. The molecule has 104 valence electrons. The van der Waals surface area contributed by atoms with E-state index in [4.69, 9.17) is 10.2 Å². The Morgan fingerprint density at radius 3 is 2.37 bits per heavy atom. The van der Waals surface area contributed by atoms with Gasteiger partial charge in [0.05, 0.1) is 12.1 Å². The fourth-order valence-corrected chi connectivity index (χ4v) is 1.43. The Morgan fingerprint density at radius 1 is 1.26 bits per heavy atom. The SMILES string of the molecule is O=C(O)CNC(C(=O)O)c1cccc(C(F)(F)F)c1. The lowest BCUT2D eigenvalue weighted by Crippen LogP contribution is -2.32. The van der Waals surface area contributed by atoms with Gasteiger partial charge in [0.15, 0.2) is 0 Å². The summed E-state index contributed by atoms with van der Waals surface area (Å²) in [5.74, 6) is -2.76. The summed E-state index contributed by atoms with van der Waals surface area (Å²) in [5.41, 5.74) is -1.16. The largest absolute Gasteiger partial charge is 0.480 e. The number of nitrogens with one attached hydrogen (secondary N) is 1. The first kappa shape index (κ1) is 15.0. The molecule has 0 aliphatic heterocycles. The van der Waals surface area contributed by atoms with Gasteiger partial charge < -0.3 is 10.2 Å². The van der Waals surface area contributed by atoms with Crippen LogP contribution in [0.3, 0.4) is 0 Å². The van der Waals surface area contributed by atoms with Crippen molar-refractivity contribution < 1.29 is 33.0 Å². The molecule has 1 aromatic rings. The van der Waals surface area contributed by atoms with E-state index >= 15 is 0 Å². The van der Waals surface area contributed by atoms with E-state index in [9.17, 15) is 22.8 Å². The van der Waals surface area contributed by atoms with E-state index in [0.717, 1.165) is 12.1 Å². The van der Waals surface area contributed by atoms with E-state index in [1.54, 1.807) is 0 Å². The minimum Gasteiger partial charge on any atom is -0.480 e. The number of carboxylic acids is 2. The Labute approximate surface area is 105 Å². The number of benzene rings is 1. The number of aliphatic carboxylic acids is 2. The fraction of sp³-hybridized carbons (Fsp3) is 0.273. The van der Waals surface area contributed by atoms with Crippen LogP contribution in [0.1, 0.15) is 17.2 Å². The number of hydrogen-bond donors (Lipinski definition) is 3. The lowest BCUT2D eigenvalue weighted by molar-refractivity contribution is -0.141. The van der Waals surface area contributed by atoms with Crippen molar-refractivity contribution in [2.45, 2.75) is 12.2 Å². The molecule has 19 heavy (non-hydrogen) atoms. The van der Waals surface area contributed by atoms with Gasteiger partial charge in [0.1, 0.15) is 6.04 Å². The molecule has 1 atom stereocenters. The highest BCUT2D eigenvalue weighted by Gasteiger charge is 2.31. The van der Waals surface area contributed by atoms with Gasteiger partial charge in [-0.3, -0.25) is 14.9 Å². The van der Waals surface area contributed by atoms with Crippen LogP contribution < -0.4 is 5.32 Å². The molecule has 0 amide bonds. The monoisotopic (exact) mass is 277 g/mol. The predicted molar refractivity (Wildman–Crippen MR) is 57.5 cm³/mol. The van der Waals surface area contributed by atoms with Gasteiger partial charge in [-0.1, -0.05) is 12.1 Å². The van der Waals surface area contributed by atoms with Crippen molar-refractivity contribution >= 4 is 11.9 Å². The average Bonchev–Trinajstić information content (AvgIpc) is 2.27. The first-order chi connectivity index (χ1) is 8.71. The van der Waals surface area contributed by atoms with Gasteiger partial charge in [0.2, 0.25) is 0 Å². The fourth-order valence-electron chi connectivity index (χ4n) is 1.43. The number of rotatable bonds is 5. The molecule has 0 heterocycles. The number of carboxylic acid groups (broad SMARTS) is 2. The van der Waals surface area contributed by atoms with E-state index in [1.165, 1.54) is 6.07 Å². The van der Waals surface area contributed by atoms with Gasteiger partial charge in [0, 0.05) is 0 Å². The molecule has 0 bridgehead atoms. The summed E-state index contributed by atoms with van der Waals surface area (Å²) in [4.78, 5) is 21.3. The van der Waals surface area contributed by atoms with Crippen LogP contribution in [0.5, 0.6) is 0 Å². The molecular weight excluding hydrogens is 267 g/mol. The summed E-state index contributed by atoms with van der Waals surface area (Å²) >= 11 is 0. The lowest BCUT2D eigenvalue weighted by Gasteiger charge is -2.15. The second kappa shape index (κ2) is 5.70. The number of hydrogen-bond acceptors (Lipinski definition) is 3. The van der Waals surface area contributed by atoms with Crippen LogP contribution in [0, 0.1) is 0 Å². The second-order valence-corrected chi connectivity index (χ2v) is 3.67. The molecule has 0 aliphatic rings. The quantitative estimate of drug-likeness (QED) is 0.759. The van der Waals surface area contributed by atoms with Crippen LogP contribution in [-0.4, -0.2) is 28.7 Å². The van der Waals surface area contributed by atoms with Crippen molar-refractivity contribution in [2.24, 2.45) is 0 Å². The third kappa shape index (κ3) is 4.25. The molecule has 0 aliphatic carbocycles. The zero-order chi connectivity index (χ0) is 14.6. The minimum absolute atomic E-state index is 0.163. The third-order valence-electron chi connectivity index (χ3n) is 2.25. The Hall–Kier alpha value is -2.09. The van der Waals surface area contributed by atoms with Gasteiger partial charge in [-0.05, 0) is 17.7 Å². The van der Waals surface area contributed by atoms with E-state index < -0.39 is 36.3 Å². The van der Waals surface area contributed by atoms with Gasteiger partial charge in [0.25, 0.3) is 0 Å². The van der Waals surface area contributed by atoms with Crippen LogP contribution >= 0.6 is 0 Å². The molecule has 8 heteroatoms. The lowest BCUT2D eigenvalue weighted by atomic mass is 10.0. The highest BCUT2D eigenvalue weighted by Crippen LogP contribution is 2.30. The number of carbonyl (C=O) groups is 2. The topological polar surface area (TPSA) is 86.6 Å². The Balaban J connectivity index is 3.03. The molecule has 0 fully saturated rings. The smallest absolute Gasteiger partial charge is 0.416 e. The van der Waals surface area contributed by atoms with Gasteiger partial charge in [-0.15, -0.1) is 0 Å². The maximum Gasteiger partial charge on any atom is 0.416 e. The first-order valence-electron chi connectivity index (χ1n) is 5.07. The summed E-state index contributed by atoms with van der Waals surface area (Å²) in [7, 11) is 0. The van der Waals surface area contributed by atoms with Crippen molar-refractivity contribution in [3.8, 4) is 0 Å². The number of halogens is 3. The summed E-state index contributed by atoms with van der Waals surface area (Å²) < 4.78 is 37.5. The Morgan fingerprint density at radius 2 is 1.89 bits per heavy atom. The zero-order valence-corrected chi connectivity index (χ0v) is 9.44. The molecule has 3 N–H and O–H groups in total. The van der Waals surface area contributed by atoms with Crippen LogP contribution in [0.2, 0.25) is 0 Å². The molecule has 0 aromatic heterocycles. The highest BCUT2D eigenvalue weighted by molar-refractivity contribution is 5.77. The molecule has 1 rings (SSSR count). The first-order valence-corrected chi connectivity index (χ1v) is 5.07. The van der Waals surface area contributed by atoms with Crippen LogP contribution in [0.4, 0.5) is 13.2 Å². The molecule has 0 saturated heterocycles. The van der Waals surface area contributed by atoms with Crippen LogP contribution in [0.15, 0.2) is 24.3 Å². The zero-order valence-electron chi connectivity index (χ0n) is 9.44. The third-order valence-corrected chi connectivity index (χ3v) is 2.25. The number of alkyl halides is 3. The van der Waals surface area contributed by atoms with Gasteiger partial charge >= 0.3 is 18.1 Å². The molecule has 0 saturated carbocycles. The van der Waals surface area contributed by atoms with Crippen LogP contribution in [0.25, 0.3) is 0 Å². The van der Waals surface area contributed by atoms with Crippen molar-refractivity contribution in [3.63, 3.8) is 0 Å². The molecule has 5 nitrogen and oxygen atoms in total. The van der Waals surface area contributed by atoms with E-state index in [-0.39, 0.29) is 5.56 Å². The molecule has 1 aromatic carbocycles. The summed E-state index contributed by atoms with van der Waals surface area (Å²) in [5, 5.41) is 19.5. The van der Waals surface area contributed by atoms with Crippen molar-refractivity contribution in [1.82, 2.24) is 5.32 Å². The molecule has 0 spiro atoms. The minimum atomic E-state index is -4.59. The van der Waals surface area contributed by atoms with E-state index in [1.807, 2.05) is 0 Å². The summed E-state index contributed by atoms with van der Waals surface area (Å²) in [6.07, 6.45) is -4.59. The molecule has 1 unspecified atom stereocenters. The molecular formula is C11H10F3NO4. The van der Waals surface area contributed by atoms with E-state index in [0.29, 0.717) is 6.07 Å². The van der Waals surface area contributed by atoms with Gasteiger partial charge in [-0.2, -0.15) is 13.2 Å². The van der Waals surface area contributed by atoms with Crippen molar-refractivity contribution in [3.05, 3.63) is 35.4 Å². The second-order valence-electron chi connectivity index (χ2n) is 3.67. The van der Waals surface area contributed by atoms with E-state index in [2.05, 4.69) is 5.32 Å². The highest BCUT2D eigenvalue weighted by atomic mass is 19.4.